The molecule has 0 aromatic heterocycles. The van der Waals surface area contributed by atoms with Crippen molar-refractivity contribution in [3.8, 4) is 5.75 Å². The Kier molecular flexibility index (Phi) is 6.59. The molecule has 3 aliphatic carbocycles. The first-order chi connectivity index (χ1) is 14.3. The number of benzene rings is 1. The van der Waals surface area contributed by atoms with Gasteiger partial charge in [-0.15, -0.1) is 0 Å². The highest BCUT2D eigenvalue weighted by Gasteiger charge is 2.48. The van der Waals surface area contributed by atoms with Gasteiger partial charge in [0, 0.05) is 16.9 Å². The maximum atomic E-state index is 11.5. The van der Waals surface area contributed by atoms with Crippen molar-refractivity contribution in [2.45, 2.75) is 104 Å². The number of phenolic OH excluding ortho intramolecular Hbond substituents is 1. The van der Waals surface area contributed by atoms with E-state index in [9.17, 15) is 5.11 Å². The number of aromatic hydroxyl groups is 1. The minimum atomic E-state index is 0.164. The van der Waals surface area contributed by atoms with E-state index >= 15 is 0 Å². The van der Waals surface area contributed by atoms with Gasteiger partial charge >= 0.3 is 0 Å². The minimum Gasteiger partial charge on any atom is -0.507 e. The Morgan fingerprint density at radius 2 is 1.90 bits per heavy atom. The minimum absolute atomic E-state index is 0.164. The summed E-state index contributed by atoms with van der Waals surface area (Å²) in [6.45, 7) is 11.5. The summed E-state index contributed by atoms with van der Waals surface area (Å²) in [7, 11) is 0. The van der Waals surface area contributed by atoms with Crippen molar-refractivity contribution in [3.63, 3.8) is 0 Å². The fraction of sp³-hybridized carbons (Fsp3) is 0.741. The summed E-state index contributed by atoms with van der Waals surface area (Å²) in [5.74, 6) is 4.17. The Balaban J connectivity index is 1.74. The van der Waals surface area contributed by atoms with E-state index in [4.69, 9.17) is 4.40 Å². The van der Waals surface area contributed by atoms with Crippen LogP contribution in [0.3, 0.4) is 0 Å². The highest BCUT2D eigenvalue weighted by molar-refractivity contribution is 7.98. The van der Waals surface area contributed by atoms with Gasteiger partial charge in [-0.25, -0.2) is 4.40 Å². The van der Waals surface area contributed by atoms with Crippen LogP contribution in [0, 0.1) is 24.7 Å². The van der Waals surface area contributed by atoms with E-state index in [1.54, 1.807) is 11.9 Å². The molecular weight excluding hydrogens is 386 g/mol. The first-order valence-corrected chi connectivity index (χ1v) is 13.3. The van der Waals surface area contributed by atoms with Crippen molar-refractivity contribution >= 4 is 17.7 Å². The number of phenols is 1. The standard InChI is InChI=1S/C27H41NOS/c1-17(2)24-19(4)14-22-25(26(24)29)23(28-30-16-20-11-7-6-8-12-20)15-21-18(3)10-9-13-27(21,22)5/h14,17-18,20-21,29H,6-13,15-16H2,1-5H3/b28-23+. The van der Waals surface area contributed by atoms with Crippen LogP contribution >= 0.6 is 11.9 Å². The van der Waals surface area contributed by atoms with E-state index in [0.29, 0.717) is 17.6 Å². The number of nitrogens with zero attached hydrogens (tertiary/aromatic N) is 1. The van der Waals surface area contributed by atoms with Crippen LogP contribution in [-0.4, -0.2) is 16.6 Å². The summed E-state index contributed by atoms with van der Waals surface area (Å²) in [6.07, 6.45) is 11.8. The Hall–Kier alpha value is -0.960. The molecule has 166 valence electrons. The molecule has 3 heteroatoms. The second kappa shape index (κ2) is 8.88. The van der Waals surface area contributed by atoms with E-state index in [0.717, 1.165) is 35.1 Å². The maximum Gasteiger partial charge on any atom is 0.128 e. The molecule has 3 atom stereocenters. The van der Waals surface area contributed by atoms with Crippen LogP contribution in [0.4, 0.5) is 0 Å². The first kappa shape index (κ1) is 22.2. The first-order valence-electron chi connectivity index (χ1n) is 12.4. The summed E-state index contributed by atoms with van der Waals surface area (Å²) < 4.78 is 5.14. The molecule has 30 heavy (non-hydrogen) atoms. The van der Waals surface area contributed by atoms with Crippen LogP contribution in [0.5, 0.6) is 5.75 Å². The normalized spacial score (nSPS) is 31.1. The lowest BCUT2D eigenvalue weighted by Gasteiger charge is -2.50. The van der Waals surface area contributed by atoms with Crippen LogP contribution in [0.2, 0.25) is 0 Å². The molecule has 4 rings (SSSR count). The molecule has 2 saturated carbocycles. The zero-order valence-corrected chi connectivity index (χ0v) is 20.6. The van der Waals surface area contributed by atoms with Gasteiger partial charge in [-0.1, -0.05) is 65.9 Å². The Bertz CT molecular complexity index is 808. The zero-order chi connectivity index (χ0) is 21.5. The van der Waals surface area contributed by atoms with E-state index in [1.165, 1.54) is 68.2 Å². The molecule has 3 unspecified atom stereocenters. The van der Waals surface area contributed by atoms with Gasteiger partial charge in [-0.05, 0) is 84.8 Å². The van der Waals surface area contributed by atoms with E-state index in [1.807, 2.05) is 0 Å². The summed E-state index contributed by atoms with van der Waals surface area (Å²) in [5.41, 5.74) is 6.16. The predicted molar refractivity (Wildman–Crippen MR) is 131 cm³/mol. The fourth-order valence-corrected chi connectivity index (χ4v) is 7.76. The van der Waals surface area contributed by atoms with Gasteiger partial charge in [-0.2, -0.15) is 0 Å². The van der Waals surface area contributed by atoms with Gasteiger partial charge in [-0.3, -0.25) is 0 Å². The van der Waals surface area contributed by atoms with E-state index in [2.05, 4.69) is 40.7 Å². The zero-order valence-electron chi connectivity index (χ0n) is 19.8. The lowest BCUT2D eigenvalue weighted by atomic mass is 9.54. The van der Waals surface area contributed by atoms with Gasteiger partial charge in [0.25, 0.3) is 0 Å². The molecule has 1 aromatic rings. The van der Waals surface area contributed by atoms with Crippen LogP contribution in [-0.2, 0) is 5.41 Å². The molecule has 2 nitrogen and oxygen atoms in total. The molecule has 0 amide bonds. The van der Waals surface area contributed by atoms with Crippen LogP contribution in [0.25, 0.3) is 0 Å². The molecule has 0 saturated heterocycles. The molecule has 2 fully saturated rings. The fourth-order valence-electron chi connectivity index (χ4n) is 6.82. The second-order valence-corrected chi connectivity index (χ2v) is 11.7. The van der Waals surface area contributed by atoms with Crippen molar-refractivity contribution < 1.29 is 5.11 Å². The molecule has 0 radical (unpaired) electrons. The molecule has 0 bridgehead atoms. The van der Waals surface area contributed by atoms with Gasteiger partial charge in [0.15, 0.2) is 0 Å². The van der Waals surface area contributed by atoms with Crippen LogP contribution in [0.1, 0.15) is 114 Å². The molecule has 1 aromatic carbocycles. The molecule has 0 aliphatic heterocycles. The van der Waals surface area contributed by atoms with Gasteiger partial charge in [0.05, 0.1) is 5.71 Å². The predicted octanol–water partition coefficient (Wildman–Crippen LogP) is 7.94. The smallest absolute Gasteiger partial charge is 0.128 e. The number of fused-ring (bicyclic) bond motifs is 3. The lowest BCUT2D eigenvalue weighted by Crippen LogP contribution is -2.45. The molecule has 3 aliphatic rings. The number of hydrogen-bond donors (Lipinski definition) is 1. The molecule has 0 heterocycles. The third kappa shape index (κ3) is 3.96. The topological polar surface area (TPSA) is 32.6 Å². The van der Waals surface area contributed by atoms with Gasteiger partial charge in [0.1, 0.15) is 5.75 Å². The van der Waals surface area contributed by atoms with Crippen LogP contribution < -0.4 is 0 Å². The summed E-state index contributed by atoms with van der Waals surface area (Å²) in [5, 5.41) is 11.5. The van der Waals surface area contributed by atoms with Gasteiger partial charge in [0.2, 0.25) is 0 Å². The Labute approximate surface area is 188 Å². The van der Waals surface area contributed by atoms with Crippen molar-refractivity contribution in [3.05, 3.63) is 28.3 Å². The third-order valence-electron chi connectivity index (χ3n) is 8.51. The average Bonchev–Trinajstić information content (AvgIpc) is 2.69. The van der Waals surface area contributed by atoms with Crippen molar-refractivity contribution in [2.24, 2.45) is 22.2 Å². The summed E-state index contributed by atoms with van der Waals surface area (Å²) in [6, 6.07) is 2.41. The van der Waals surface area contributed by atoms with Crippen molar-refractivity contribution in [1.29, 1.82) is 0 Å². The lowest BCUT2D eigenvalue weighted by molar-refractivity contribution is 0.139. The highest BCUT2D eigenvalue weighted by atomic mass is 32.2. The quantitative estimate of drug-likeness (QED) is 0.495. The third-order valence-corrected chi connectivity index (χ3v) is 9.48. The molecular formula is C27H41NOS. The van der Waals surface area contributed by atoms with Crippen molar-refractivity contribution in [1.82, 2.24) is 0 Å². The summed E-state index contributed by atoms with van der Waals surface area (Å²) >= 11 is 1.77. The number of rotatable bonds is 4. The maximum absolute atomic E-state index is 11.5. The second-order valence-electron chi connectivity index (χ2n) is 11.0. The van der Waals surface area contributed by atoms with Crippen LogP contribution in [0.15, 0.2) is 10.5 Å². The number of hydrogen-bond acceptors (Lipinski definition) is 3. The Morgan fingerprint density at radius 1 is 1.17 bits per heavy atom. The summed E-state index contributed by atoms with van der Waals surface area (Å²) in [4.78, 5) is 0. The Morgan fingerprint density at radius 3 is 2.60 bits per heavy atom. The molecule has 0 spiro atoms. The van der Waals surface area contributed by atoms with E-state index < -0.39 is 0 Å². The van der Waals surface area contributed by atoms with Gasteiger partial charge < -0.3 is 5.11 Å². The average molecular weight is 428 g/mol. The molecule has 1 N–H and O–H groups in total. The van der Waals surface area contributed by atoms with E-state index in [-0.39, 0.29) is 5.41 Å². The largest absolute Gasteiger partial charge is 0.507 e. The number of aryl methyl sites for hydroxylation is 1. The highest BCUT2D eigenvalue weighted by Crippen LogP contribution is 2.55. The SMILES string of the molecule is Cc1cc2c(c(O)c1C(C)C)/C(=N/SCC1CCCCC1)CC1C(C)CCCC21C. The van der Waals surface area contributed by atoms with Crippen molar-refractivity contribution in [2.75, 3.05) is 5.75 Å². The monoisotopic (exact) mass is 427 g/mol.